The minimum absolute atomic E-state index is 0.290. The van der Waals surface area contributed by atoms with Crippen LogP contribution in [0.5, 0.6) is 0 Å². The fourth-order valence-electron chi connectivity index (χ4n) is 3.04. The van der Waals surface area contributed by atoms with Crippen molar-refractivity contribution in [1.82, 2.24) is 20.4 Å². The minimum Gasteiger partial charge on any atom is -0.359 e. The first kappa shape index (κ1) is 20.2. The number of rotatable bonds is 6. The molecular formula is C20H17F3N6S. The lowest BCUT2D eigenvalue weighted by Gasteiger charge is -2.13. The molecule has 0 bridgehead atoms. The molecule has 10 heteroatoms. The van der Waals surface area contributed by atoms with E-state index in [2.05, 4.69) is 25.7 Å². The fraction of sp³-hybridized carbons (Fsp3) is 0.200. The zero-order valence-electron chi connectivity index (χ0n) is 15.6. The molecule has 2 heterocycles. The molecule has 1 atom stereocenters. The van der Waals surface area contributed by atoms with Crippen molar-refractivity contribution in [3.63, 3.8) is 0 Å². The zero-order chi connectivity index (χ0) is 21.1. The summed E-state index contributed by atoms with van der Waals surface area (Å²) < 4.78 is 37.9. The van der Waals surface area contributed by atoms with Gasteiger partial charge in [-0.3, -0.25) is 0 Å². The Kier molecular flexibility index (Phi) is 5.60. The lowest BCUT2D eigenvalue weighted by atomic mass is 10.0. The number of fused-ring (bicyclic) bond motifs is 1. The molecule has 6 nitrogen and oxygen atoms in total. The standard InChI is InChI=1S/C20H17F3N6S/c21-20(22,23)14-6-4-12(5-7-14)8-15(24)10-25-19-29-28-18(30-19)16-3-1-2-13-9-26-27-11-17(13)16/h1-7,9,11,15H,8,10,24H2,(H,25,29)/t15-/m1/s1. The van der Waals surface area contributed by atoms with Crippen LogP contribution in [0.25, 0.3) is 21.3 Å². The second-order valence-electron chi connectivity index (χ2n) is 6.75. The van der Waals surface area contributed by atoms with Crippen LogP contribution in [0.15, 0.2) is 54.9 Å². The quantitative estimate of drug-likeness (QED) is 0.478. The van der Waals surface area contributed by atoms with Gasteiger partial charge in [0.1, 0.15) is 5.01 Å². The summed E-state index contributed by atoms with van der Waals surface area (Å²) in [6.45, 7) is 0.413. The first-order valence-corrected chi connectivity index (χ1v) is 9.90. The smallest absolute Gasteiger partial charge is 0.359 e. The van der Waals surface area contributed by atoms with E-state index in [0.29, 0.717) is 18.1 Å². The summed E-state index contributed by atoms with van der Waals surface area (Å²) >= 11 is 1.39. The monoisotopic (exact) mass is 430 g/mol. The van der Waals surface area contributed by atoms with Crippen LogP contribution in [0.4, 0.5) is 18.3 Å². The van der Waals surface area contributed by atoms with E-state index in [4.69, 9.17) is 5.73 Å². The van der Waals surface area contributed by atoms with Crippen LogP contribution in [-0.2, 0) is 12.6 Å². The second-order valence-corrected chi connectivity index (χ2v) is 7.73. The lowest BCUT2D eigenvalue weighted by molar-refractivity contribution is -0.137. The maximum absolute atomic E-state index is 12.6. The summed E-state index contributed by atoms with van der Waals surface area (Å²) in [6, 6.07) is 10.6. The van der Waals surface area contributed by atoms with Gasteiger partial charge in [-0.15, -0.1) is 10.2 Å². The Morgan fingerprint density at radius 1 is 1.00 bits per heavy atom. The third-order valence-electron chi connectivity index (χ3n) is 4.54. The number of nitrogens with two attached hydrogens (primary N) is 1. The number of halogens is 3. The third kappa shape index (κ3) is 4.55. The maximum Gasteiger partial charge on any atom is 0.416 e. The Hall–Kier alpha value is -3.11. The molecule has 0 fully saturated rings. The number of hydrogen-bond acceptors (Lipinski definition) is 7. The largest absolute Gasteiger partial charge is 0.416 e. The molecule has 2 aromatic carbocycles. The molecule has 0 unspecified atom stereocenters. The summed E-state index contributed by atoms with van der Waals surface area (Å²) in [7, 11) is 0. The summed E-state index contributed by atoms with van der Waals surface area (Å²) in [5.74, 6) is 0. The number of benzene rings is 2. The number of hydrogen-bond donors (Lipinski definition) is 2. The second kappa shape index (κ2) is 8.33. The van der Waals surface area contributed by atoms with Crippen molar-refractivity contribution >= 4 is 27.2 Å². The molecule has 4 rings (SSSR count). The van der Waals surface area contributed by atoms with Crippen LogP contribution in [0.2, 0.25) is 0 Å². The van der Waals surface area contributed by atoms with E-state index in [1.807, 2.05) is 18.2 Å². The van der Waals surface area contributed by atoms with Gasteiger partial charge in [0.2, 0.25) is 5.13 Å². The van der Waals surface area contributed by atoms with Crippen molar-refractivity contribution in [3.05, 3.63) is 66.0 Å². The van der Waals surface area contributed by atoms with Crippen molar-refractivity contribution in [1.29, 1.82) is 0 Å². The molecule has 0 amide bonds. The van der Waals surface area contributed by atoms with Crippen molar-refractivity contribution in [2.45, 2.75) is 18.6 Å². The fourth-order valence-corrected chi connectivity index (χ4v) is 3.83. The van der Waals surface area contributed by atoms with Crippen LogP contribution >= 0.6 is 11.3 Å². The van der Waals surface area contributed by atoms with Crippen molar-refractivity contribution in [3.8, 4) is 10.6 Å². The molecule has 3 N–H and O–H groups in total. The maximum atomic E-state index is 12.6. The summed E-state index contributed by atoms with van der Waals surface area (Å²) in [5.41, 5.74) is 7.12. The SMILES string of the molecule is N[C@@H](CNc1nnc(-c2cccc3cnncc23)s1)Cc1ccc(C(F)(F)F)cc1. The minimum atomic E-state index is -4.34. The molecule has 154 valence electrons. The molecule has 4 aromatic rings. The number of alkyl halides is 3. The number of aromatic nitrogens is 4. The topological polar surface area (TPSA) is 89.6 Å². The Bertz CT molecular complexity index is 1140. The lowest BCUT2D eigenvalue weighted by Crippen LogP contribution is -2.31. The molecular weight excluding hydrogens is 413 g/mol. The van der Waals surface area contributed by atoms with E-state index < -0.39 is 11.7 Å². The number of nitrogens with one attached hydrogen (secondary N) is 1. The first-order valence-electron chi connectivity index (χ1n) is 9.09. The van der Waals surface area contributed by atoms with E-state index >= 15 is 0 Å². The highest BCUT2D eigenvalue weighted by atomic mass is 32.1. The van der Waals surface area contributed by atoms with Crippen LogP contribution in [0.3, 0.4) is 0 Å². The zero-order valence-corrected chi connectivity index (χ0v) is 16.4. The van der Waals surface area contributed by atoms with E-state index in [0.717, 1.165) is 39.0 Å². The Labute approximate surface area is 174 Å². The predicted octanol–water partition coefficient (Wildman–Crippen LogP) is 4.15. The molecule has 0 radical (unpaired) electrons. The molecule has 0 aliphatic rings. The summed E-state index contributed by atoms with van der Waals surface area (Å²) in [6.07, 6.45) is -0.508. The molecule has 2 aromatic heterocycles. The average molecular weight is 430 g/mol. The van der Waals surface area contributed by atoms with Gasteiger partial charge in [-0.25, -0.2) is 0 Å². The van der Waals surface area contributed by atoms with Crippen LogP contribution in [0, 0.1) is 0 Å². The van der Waals surface area contributed by atoms with Gasteiger partial charge in [0.15, 0.2) is 0 Å². The van der Waals surface area contributed by atoms with Gasteiger partial charge in [0, 0.05) is 28.9 Å². The Morgan fingerprint density at radius 2 is 1.77 bits per heavy atom. The summed E-state index contributed by atoms with van der Waals surface area (Å²) in [4.78, 5) is 0. The van der Waals surface area contributed by atoms with Crippen molar-refractivity contribution in [2.24, 2.45) is 5.73 Å². The van der Waals surface area contributed by atoms with E-state index in [9.17, 15) is 13.2 Å². The van der Waals surface area contributed by atoms with Crippen LogP contribution in [-0.4, -0.2) is 33.0 Å². The molecule has 0 aliphatic carbocycles. The highest BCUT2D eigenvalue weighted by Gasteiger charge is 2.29. The van der Waals surface area contributed by atoms with Crippen LogP contribution < -0.4 is 11.1 Å². The van der Waals surface area contributed by atoms with Gasteiger partial charge in [-0.2, -0.15) is 23.4 Å². The molecule has 30 heavy (non-hydrogen) atoms. The van der Waals surface area contributed by atoms with Crippen molar-refractivity contribution in [2.75, 3.05) is 11.9 Å². The van der Waals surface area contributed by atoms with E-state index in [-0.39, 0.29) is 6.04 Å². The first-order chi connectivity index (χ1) is 14.4. The predicted molar refractivity (Wildman–Crippen MR) is 110 cm³/mol. The van der Waals surface area contributed by atoms with Gasteiger partial charge in [0.25, 0.3) is 0 Å². The van der Waals surface area contributed by atoms with Gasteiger partial charge in [-0.05, 0) is 24.1 Å². The Morgan fingerprint density at radius 3 is 2.53 bits per heavy atom. The third-order valence-corrected chi connectivity index (χ3v) is 5.45. The molecule has 0 saturated carbocycles. The molecule has 0 spiro atoms. The van der Waals surface area contributed by atoms with Gasteiger partial charge >= 0.3 is 6.18 Å². The average Bonchev–Trinajstić information content (AvgIpc) is 3.20. The van der Waals surface area contributed by atoms with E-state index in [1.165, 1.54) is 23.5 Å². The van der Waals surface area contributed by atoms with E-state index in [1.54, 1.807) is 12.4 Å². The number of nitrogens with zero attached hydrogens (tertiary/aromatic N) is 4. The molecule has 0 saturated heterocycles. The number of anilines is 1. The molecule has 0 aliphatic heterocycles. The highest BCUT2D eigenvalue weighted by molar-refractivity contribution is 7.18. The van der Waals surface area contributed by atoms with Crippen molar-refractivity contribution < 1.29 is 13.2 Å². The van der Waals surface area contributed by atoms with Gasteiger partial charge in [-0.1, -0.05) is 41.7 Å². The summed E-state index contributed by atoms with van der Waals surface area (Å²) in [5, 5.41) is 22.6. The Balaban J connectivity index is 1.38. The van der Waals surface area contributed by atoms with Gasteiger partial charge in [0.05, 0.1) is 18.0 Å². The van der Waals surface area contributed by atoms with Gasteiger partial charge < -0.3 is 11.1 Å². The normalized spacial score (nSPS) is 12.8. The highest BCUT2D eigenvalue weighted by Crippen LogP contribution is 2.32. The van der Waals surface area contributed by atoms with Crippen LogP contribution in [0.1, 0.15) is 11.1 Å².